The quantitative estimate of drug-likeness (QED) is 0.496. The second kappa shape index (κ2) is 6.96. The minimum atomic E-state index is -0.0880. The molecule has 28 heavy (non-hydrogen) atoms. The highest BCUT2D eigenvalue weighted by molar-refractivity contribution is 5.98. The summed E-state index contributed by atoms with van der Waals surface area (Å²) in [6.07, 6.45) is 0. The lowest BCUT2D eigenvalue weighted by atomic mass is 10.1. The highest BCUT2D eigenvalue weighted by Crippen LogP contribution is 2.30. The fourth-order valence-corrected chi connectivity index (χ4v) is 3.20. The van der Waals surface area contributed by atoms with Gasteiger partial charge in [-0.3, -0.25) is 4.79 Å². The largest absolute Gasteiger partial charge is 0.350 e. The zero-order chi connectivity index (χ0) is 19.8. The summed E-state index contributed by atoms with van der Waals surface area (Å²) in [6, 6.07) is 13.6. The van der Waals surface area contributed by atoms with Gasteiger partial charge in [-0.15, -0.1) is 0 Å². The monoisotopic (exact) mass is 373 g/mol. The van der Waals surface area contributed by atoms with Gasteiger partial charge in [-0.05, 0) is 45.9 Å². The summed E-state index contributed by atoms with van der Waals surface area (Å²) in [4.78, 5) is 28.4. The predicted octanol–water partition coefficient (Wildman–Crippen LogP) is 4.38. The Hall–Kier alpha value is -3.41. The first-order valence-corrected chi connectivity index (χ1v) is 9.36. The van der Waals surface area contributed by atoms with Crippen LogP contribution in [0.25, 0.3) is 33.8 Å². The Kier molecular flexibility index (Phi) is 4.47. The van der Waals surface area contributed by atoms with Crippen LogP contribution < -0.4 is 5.32 Å². The third-order valence-electron chi connectivity index (χ3n) is 4.73. The Morgan fingerprint density at radius 1 is 0.964 bits per heavy atom. The molecule has 6 heteroatoms. The number of aryl methyl sites for hydroxylation is 2. The number of H-pyrrole nitrogens is 2. The van der Waals surface area contributed by atoms with Crippen molar-refractivity contribution in [1.82, 2.24) is 25.3 Å². The molecule has 0 aliphatic heterocycles. The second-order valence-electron chi connectivity index (χ2n) is 7.29. The molecule has 2 aromatic carbocycles. The molecule has 0 saturated heterocycles. The number of imidazole rings is 2. The van der Waals surface area contributed by atoms with E-state index >= 15 is 0 Å². The van der Waals surface area contributed by atoms with E-state index in [4.69, 9.17) is 4.98 Å². The molecular formula is C22H23N5O. The van der Waals surface area contributed by atoms with Crippen molar-refractivity contribution >= 4 is 16.9 Å². The molecule has 0 aliphatic carbocycles. The van der Waals surface area contributed by atoms with Crippen molar-refractivity contribution in [2.24, 2.45) is 0 Å². The summed E-state index contributed by atoms with van der Waals surface area (Å²) in [6.45, 7) is 7.89. The summed E-state index contributed by atoms with van der Waals surface area (Å²) in [5.41, 5.74) is 6.23. The zero-order valence-corrected chi connectivity index (χ0v) is 16.4. The van der Waals surface area contributed by atoms with Gasteiger partial charge in [0.2, 0.25) is 0 Å². The maximum atomic E-state index is 12.3. The first kappa shape index (κ1) is 18.0. The van der Waals surface area contributed by atoms with Crippen LogP contribution in [0, 0.1) is 13.8 Å². The van der Waals surface area contributed by atoms with Gasteiger partial charge in [0.15, 0.2) is 0 Å². The second-order valence-corrected chi connectivity index (χ2v) is 7.29. The molecule has 4 aromatic rings. The van der Waals surface area contributed by atoms with Crippen LogP contribution in [0.4, 0.5) is 0 Å². The lowest BCUT2D eigenvalue weighted by Gasteiger charge is -2.07. The number of fused-ring (bicyclic) bond motifs is 1. The number of carbonyl (C=O) groups excluding carboxylic acids is 1. The minimum Gasteiger partial charge on any atom is -0.350 e. The van der Waals surface area contributed by atoms with E-state index < -0.39 is 0 Å². The number of amides is 1. The molecule has 3 N–H and O–H groups in total. The van der Waals surface area contributed by atoms with Gasteiger partial charge in [0.05, 0.1) is 16.7 Å². The fraction of sp³-hybridized carbons (Fsp3) is 0.227. The van der Waals surface area contributed by atoms with Gasteiger partial charge in [-0.25, -0.2) is 9.97 Å². The molecule has 0 spiro atoms. The molecule has 0 atom stereocenters. The summed E-state index contributed by atoms with van der Waals surface area (Å²) < 4.78 is 0. The van der Waals surface area contributed by atoms with Crippen molar-refractivity contribution in [3.8, 4) is 22.8 Å². The van der Waals surface area contributed by atoms with Crippen LogP contribution in [0.2, 0.25) is 0 Å². The Morgan fingerprint density at radius 3 is 2.25 bits per heavy atom. The maximum Gasteiger partial charge on any atom is 0.251 e. The number of carbonyl (C=O) groups is 1. The molecule has 6 nitrogen and oxygen atoms in total. The highest BCUT2D eigenvalue weighted by Gasteiger charge is 2.15. The number of hydrogen-bond donors (Lipinski definition) is 3. The van der Waals surface area contributed by atoms with Crippen molar-refractivity contribution in [2.75, 3.05) is 0 Å². The molecular weight excluding hydrogens is 350 g/mol. The first-order valence-electron chi connectivity index (χ1n) is 9.36. The van der Waals surface area contributed by atoms with E-state index in [1.165, 1.54) is 0 Å². The van der Waals surface area contributed by atoms with Crippen LogP contribution in [-0.4, -0.2) is 31.9 Å². The van der Waals surface area contributed by atoms with Crippen molar-refractivity contribution in [1.29, 1.82) is 0 Å². The fourth-order valence-electron chi connectivity index (χ4n) is 3.20. The van der Waals surface area contributed by atoms with E-state index in [1.54, 1.807) is 6.07 Å². The van der Waals surface area contributed by atoms with E-state index in [2.05, 4.69) is 20.3 Å². The molecule has 0 unspecified atom stereocenters. The van der Waals surface area contributed by atoms with Crippen LogP contribution in [0.5, 0.6) is 0 Å². The van der Waals surface area contributed by atoms with Gasteiger partial charge in [0.1, 0.15) is 11.6 Å². The number of benzene rings is 2. The summed E-state index contributed by atoms with van der Waals surface area (Å²) in [7, 11) is 0. The number of aromatic nitrogens is 4. The molecule has 0 saturated carbocycles. The average molecular weight is 373 g/mol. The smallest absolute Gasteiger partial charge is 0.251 e. The topological polar surface area (TPSA) is 86.5 Å². The number of aromatic amines is 2. The van der Waals surface area contributed by atoms with Crippen molar-refractivity contribution in [3.05, 3.63) is 59.4 Å². The highest BCUT2D eigenvalue weighted by atomic mass is 16.1. The van der Waals surface area contributed by atoms with Crippen LogP contribution in [0.3, 0.4) is 0 Å². The van der Waals surface area contributed by atoms with Gasteiger partial charge in [-0.1, -0.05) is 24.3 Å². The molecule has 4 rings (SSSR count). The van der Waals surface area contributed by atoms with Gasteiger partial charge in [0, 0.05) is 28.4 Å². The van der Waals surface area contributed by atoms with Crippen molar-refractivity contribution in [3.63, 3.8) is 0 Å². The Balaban J connectivity index is 1.77. The van der Waals surface area contributed by atoms with Gasteiger partial charge in [-0.2, -0.15) is 0 Å². The van der Waals surface area contributed by atoms with Crippen molar-refractivity contribution < 1.29 is 4.79 Å². The van der Waals surface area contributed by atoms with E-state index in [0.29, 0.717) is 5.56 Å². The number of nitrogens with zero attached hydrogens (tertiary/aromatic N) is 2. The molecule has 1 amide bonds. The third-order valence-corrected chi connectivity index (χ3v) is 4.73. The number of hydrogen-bond acceptors (Lipinski definition) is 3. The van der Waals surface area contributed by atoms with E-state index in [9.17, 15) is 4.79 Å². The Morgan fingerprint density at radius 2 is 1.64 bits per heavy atom. The van der Waals surface area contributed by atoms with E-state index in [1.807, 2.05) is 64.1 Å². The SMILES string of the molecule is Cc1nc(-c2ccccc2-c2nc3ccc(C(=O)NC(C)C)cc3[nH]2)[nH]c1C. The number of nitrogens with one attached hydrogen (secondary N) is 3. The predicted molar refractivity (Wildman–Crippen MR) is 111 cm³/mol. The van der Waals surface area contributed by atoms with Crippen LogP contribution >= 0.6 is 0 Å². The zero-order valence-electron chi connectivity index (χ0n) is 16.4. The van der Waals surface area contributed by atoms with E-state index in [-0.39, 0.29) is 11.9 Å². The lowest BCUT2D eigenvalue weighted by Crippen LogP contribution is -2.29. The van der Waals surface area contributed by atoms with Crippen LogP contribution in [0.1, 0.15) is 35.6 Å². The molecule has 0 radical (unpaired) electrons. The van der Waals surface area contributed by atoms with Crippen LogP contribution in [-0.2, 0) is 0 Å². The summed E-state index contributed by atoms with van der Waals surface area (Å²) in [5, 5.41) is 2.91. The van der Waals surface area contributed by atoms with Crippen molar-refractivity contribution in [2.45, 2.75) is 33.7 Å². The maximum absolute atomic E-state index is 12.3. The van der Waals surface area contributed by atoms with E-state index in [0.717, 1.165) is 45.2 Å². The standard InChI is InChI=1S/C22H23N5O/c1-12(2)23-22(28)15-9-10-18-19(11-15)27-21(26-18)17-8-6-5-7-16(17)20-24-13(3)14(4)25-20/h5-12H,1-4H3,(H,23,28)(H,24,25)(H,26,27). The van der Waals surface area contributed by atoms with Gasteiger partial charge >= 0.3 is 0 Å². The number of rotatable bonds is 4. The molecule has 2 aromatic heterocycles. The Labute approximate surface area is 163 Å². The van der Waals surface area contributed by atoms with Crippen LogP contribution in [0.15, 0.2) is 42.5 Å². The molecule has 0 bridgehead atoms. The summed E-state index contributed by atoms with van der Waals surface area (Å²) >= 11 is 0. The normalized spacial score (nSPS) is 11.3. The average Bonchev–Trinajstić information content (AvgIpc) is 3.23. The molecule has 142 valence electrons. The summed E-state index contributed by atoms with van der Waals surface area (Å²) in [5.74, 6) is 1.48. The van der Waals surface area contributed by atoms with Gasteiger partial charge in [0.25, 0.3) is 5.91 Å². The first-order chi connectivity index (χ1) is 13.4. The molecule has 0 fully saturated rings. The van der Waals surface area contributed by atoms with Gasteiger partial charge < -0.3 is 15.3 Å². The third kappa shape index (κ3) is 3.29. The minimum absolute atomic E-state index is 0.0880. The Bertz CT molecular complexity index is 1150. The molecule has 0 aliphatic rings. The molecule has 2 heterocycles. The lowest BCUT2D eigenvalue weighted by molar-refractivity contribution is 0.0943.